The molecule has 0 spiro atoms. The lowest BCUT2D eigenvalue weighted by molar-refractivity contribution is -0.146. The van der Waals surface area contributed by atoms with Gasteiger partial charge in [0.25, 0.3) is 0 Å². The molecular weight excluding hydrogens is 280 g/mol. The number of carboxylic acid groups (broad SMARTS) is 1. The second-order valence-corrected chi connectivity index (χ2v) is 6.03. The van der Waals surface area contributed by atoms with E-state index in [4.69, 9.17) is 10.2 Å². The van der Waals surface area contributed by atoms with Crippen molar-refractivity contribution in [3.63, 3.8) is 0 Å². The molecule has 1 aromatic heterocycles. The first kappa shape index (κ1) is 16.5. The number of aliphatic carboxylic acids is 1. The minimum atomic E-state index is -1.44. The molecule has 20 heavy (non-hydrogen) atoms. The van der Waals surface area contributed by atoms with Crippen LogP contribution in [0.25, 0.3) is 0 Å². The van der Waals surface area contributed by atoms with Crippen LogP contribution in [0.5, 0.6) is 0 Å². The van der Waals surface area contributed by atoms with Crippen molar-refractivity contribution in [2.75, 3.05) is 6.54 Å². The Morgan fingerprint density at radius 1 is 1.40 bits per heavy atom. The fraction of sp³-hybridized carbons (Fsp3) is 0.538. The maximum Gasteiger partial charge on any atom is 0.332 e. The molecule has 6 nitrogen and oxygen atoms in total. The number of hydrogen-bond donors (Lipinski definition) is 4. The average Bonchev–Trinajstić information content (AvgIpc) is 2.73. The van der Waals surface area contributed by atoms with Crippen molar-refractivity contribution < 1.29 is 19.8 Å². The van der Waals surface area contributed by atoms with Gasteiger partial charge in [0.2, 0.25) is 0 Å². The third kappa shape index (κ3) is 6.03. The highest BCUT2D eigenvalue weighted by atomic mass is 32.1. The first-order valence-corrected chi connectivity index (χ1v) is 7.20. The third-order valence-corrected chi connectivity index (χ3v) is 3.69. The number of thiophene rings is 1. The number of nitrogens with one attached hydrogen (secondary N) is 2. The zero-order valence-electron chi connectivity index (χ0n) is 11.5. The maximum atomic E-state index is 11.6. The number of amides is 2. The predicted octanol–water partition coefficient (Wildman–Crippen LogP) is 1.12. The summed E-state index contributed by atoms with van der Waals surface area (Å²) in [5.41, 5.74) is 0. The minimum absolute atomic E-state index is 0.0126. The summed E-state index contributed by atoms with van der Waals surface area (Å²) in [5, 5.41) is 22.8. The van der Waals surface area contributed by atoms with Crippen LogP contribution in [0.2, 0.25) is 0 Å². The van der Waals surface area contributed by atoms with Gasteiger partial charge in [-0.05, 0) is 26.0 Å². The molecule has 0 aliphatic carbocycles. The molecule has 0 saturated heterocycles. The highest BCUT2D eigenvalue weighted by Crippen LogP contribution is 2.16. The predicted molar refractivity (Wildman–Crippen MR) is 77.0 cm³/mol. The van der Waals surface area contributed by atoms with Crippen LogP contribution in [0.1, 0.15) is 23.1 Å². The fourth-order valence-electron chi connectivity index (χ4n) is 1.67. The van der Waals surface area contributed by atoms with E-state index >= 15 is 0 Å². The van der Waals surface area contributed by atoms with Crippen LogP contribution in [0.3, 0.4) is 0 Å². The molecule has 1 heterocycles. The molecule has 2 amide bonds. The zero-order chi connectivity index (χ0) is 15.1. The molecule has 0 fully saturated rings. The summed E-state index contributed by atoms with van der Waals surface area (Å²) < 4.78 is 0. The molecular formula is C13H20N2O4S. The number of hydrogen-bond acceptors (Lipinski definition) is 4. The lowest BCUT2D eigenvalue weighted by Gasteiger charge is -2.14. The molecule has 0 aliphatic rings. The van der Waals surface area contributed by atoms with Crippen LogP contribution >= 0.6 is 11.3 Å². The molecule has 4 N–H and O–H groups in total. The van der Waals surface area contributed by atoms with Crippen molar-refractivity contribution in [2.45, 2.75) is 38.8 Å². The van der Waals surface area contributed by atoms with Crippen LogP contribution in [-0.2, 0) is 11.2 Å². The van der Waals surface area contributed by atoms with E-state index in [1.54, 1.807) is 11.3 Å². The molecule has 0 saturated carbocycles. The number of carbonyl (C=O) groups is 2. The Morgan fingerprint density at radius 3 is 2.65 bits per heavy atom. The molecule has 7 heteroatoms. The standard InChI is InChI=1S/C13H20N2O4S/c1-8(7-10-4-3-9(2)20-10)15-13(19)14-6-5-11(16)12(17)18/h3-4,8,11,16H,5-7H2,1-2H3,(H,17,18)(H2,14,15,19)/t8?,11-/m0/s1. The van der Waals surface area contributed by atoms with Crippen LogP contribution in [0.15, 0.2) is 12.1 Å². The summed E-state index contributed by atoms with van der Waals surface area (Å²) in [6.07, 6.45) is -0.702. The van der Waals surface area contributed by atoms with E-state index in [2.05, 4.69) is 10.6 Å². The molecule has 112 valence electrons. The lowest BCUT2D eigenvalue weighted by atomic mass is 10.2. The highest BCUT2D eigenvalue weighted by molar-refractivity contribution is 7.11. The van der Waals surface area contributed by atoms with Crippen molar-refractivity contribution >= 4 is 23.3 Å². The number of carboxylic acids is 1. The SMILES string of the molecule is Cc1ccc(CC(C)NC(=O)NCC[C@H](O)C(=O)O)s1. The van der Waals surface area contributed by atoms with Gasteiger partial charge in [0, 0.05) is 35.2 Å². The Hall–Kier alpha value is -1.60. The van der Waals surface area contributed by atoms with Crippen LogP contribution < -0.4 is 10.6 Å². The van der Waals surface area contributed by atoms with E-state index < -0.39 is 12.1 Å². The molecule has 0 bridgehead atoms. The maximum absolute atomic E-state index is 11.6. The monoisotopic (exact) mass is 300 g/mol. The summed E-state index contributed by atoms with van der Waals surface area (Å²) in [6, 6.07) is 3.71. The summed E-state index contributed by atoms with van der Waals surface area (Å²) in [7, 11) is 0. The van der Waals surface area contributed by atoms with Gasteiger partial charge in [0.05, 0.1) is 0 Å². The molecule has 1 rings (SSSR count). The van der Waals surface area contributed by atoms with Gasteiger partial charge >= 0.3 is 12.0 Å². The summed E-state index contributed by atoms with van der Waals surface area (Å²) in [6.45, 7) is 4.05. The number of aryl methyl sites for hydroxylation is 1. The Balaban J connectivity index is 2.23. The summed E-state index contributed by atoms with van der Waals surface area (Å²) in [4.78, 5) is 24.4. The Kier molecular flexibility index (Phi) is 6.47. The Labute approximate surface area is 121 Å². The van der Waals surface area contributed by atoms with E-state index in [1.165, 1.54) is 9.75 Å². The number of aliphatic hydroxyl groups excluding tert-OH is 1. The van der Waals surface area contributed by atoms with Crippen molar-refractivity contribution in [1.82, 2.24) is 10.6 Å². The highest BCUT2D eigenvalue weighted by Gasteiger charge is 2.13. The third-order valence-electron chi connectivity index (χ3n) is 2.67. The summed E-state index contributed by atoms with van der Waals surface area (Å²) in [5.74, 6) is -1.28. The average molecular weight is 300 g/mol. The van der Waals surface area contributed by atoms with Crippen molar-refractivity contribution in [3.8, 4) is 0 Å². The van der Waals surface area contributed by atoms with Crippen molar-refractivity contribution in [1.29, 1.82) is 0 Å². The fourth-order valence-corrected chi connectivity index (χ4v) is 2.69. The van der Waals surface area contributed by atoms with Gasteiger partial charge < -0.3 is 20.8 Å². The van der Waals surface area contributed by atoms with Gasteiger partial charge in [0.15, 0.2) is 6.10 Å². The first-order chi connectivity index (χ1) is 9.38. The normalized spacial score (nSPS) is 13.6. The molecule has 0 radical (unpaired) electrons. The van der Waals surface area contributed by atoms with Gasteiger partial charge in [-0.3, -0.25) is 0 Å². The molecule has 2 atom stereocenters. The van der Waals surface area contributed by atoms with Gasteiger partial charge in [-0.1, -0.05) is 0 Å². The van der Waals surface area contributed by atoms with Crippen LogP contribution in [0.4, 0.5) is 4.79 Å². The Bertz CT molecular complexity index is 461. The first-order valence-electron chi connectivity index (χ1n) is 6.39. The molecule has 1 unspecified atom stereocenters. The molecule has 1 aromatic rings. The number of carbonyl (C=O) groups excluding carboxylic acids is 1. The van der Waals surface area contributed by atoms with Gasteiger partial charge in [-0.2, -0.15) is 0 Å². The molecule has 0 aliphatic heterocycles. The van der Waals surface area contributed by atoms with Crippen LogP contribution in [-0.4, -0.2) is 40.9 Å². The largest absolute Gasteiger partial charge is 0.479 e. The number of urea groups is 1. The van der Waals surface area contributed by atoms with E-state index in [-0.39, 0.29) is 25.0 Å². The topological polar surface area (TPSA) is 98.7 Å². The van der Waals surface area contributed by atoms with Crippen LogP contribution in [0, 0.1) is 6.92 Å². The minimum Gasteiger partial charge on any atom is -0.479 e. The lowest BCUT2D eigenvalue weighted by Crippen LogP contribution is -2.42. The van der Waals surface area contributed by atoms with Gasteiger partial charge in [-0.15, -0.1) is 11.3 Å². The smallest absolute Gasteiger partial charge is 0.332 e. The summed E-state index contributed by atoms with van der Waals surface area (Å²) >= 11 is 1.70. The number of aliphatic hydroxyl groups is 1. The van der Waals surface area contributed by atoms with Crippen molar-refractivity contribution in [2.24, 2.45) is 0 Å². The van der Waals surface area contributed by atoms with E-state index in [0.29, 0.717) is 0 Å². The quantitative estimate of drug-likeness (QED) is 0.606. The van der Waals surface area contributed by atoms with Gasteiger partial charge in [-0.25, -0.2) is 9.59 Å². The molecule has 0 aromatic carbocycles. The zero-order valence-corrected chi connectivity index (χ0v) is 12.4. The van der Waals surface area contributed by atoms with E-state index in [1.807, 2.05) is 26.0 Å². The second kappa shape index (κ2) is 7.86. The number of rotatable bonds is 7. The Morgan fingerprint density at radius 2 is 2.10 bits per heavy atom. The van der Waals surface area contributed by atoms with E-state index in [9.17, 15) is 9.59 Å². The van der Waals surface area contributed by atoms with Gasteiger partial charge in [0.1, 0.15) is 0 Å². The van der Waals surface area contributed by atoms with Crippen molar-refractivity contribution in [3.05, 3.63) is 21.9 Å². The van der Waals surface area contributed by atoms with E-state index in [0.717, 1.165) is 6.42 Å². The second-order valence-electron chi connectivity index (χ2n) is 4.66.